The molecule has 102 valence electrons. The highest BCUT2D eigenvalue weighted by atomic mass is 32.2. The van der Waals surface area contributed by atoms with Crippen molar-refractivity contribution in [1.82, 2.24) is 5.32 Å². The maximum atomic E-state index is 5.72. The van der Waals surface area contributed by atoms with Gasteiger partial charge in [-0.1, -0.05) is 26.2 Å². The minimum absolute atomic E-state index is 0.471. The van der Waals surface area contributed by atoms with E-state index in [-0.39, 0.29) is 0 Å². The fourth-order valence-corrected chi connectivity index (χ4v) is 3.71. The van der Waals surface area contributed by atoms with Crippen molar-refractivity contribution in [2.24, 2.45) is 0 Å². The third-order valence-corrected chi connectivity index (χ3v) is 5.43. The van der Waals surface area contributed by atoms with Crippen molar-refractivity contribution in [1.29, 1.82) is 0 Å². The van der Waals surface area contributed by atoms with Crippen LogP contribution in [0.1, 0.15) is 50.5 Å². The lowest BCUT2D eigenvalue weighted by Gasteiger charge is -2.35. The van der Waals surface area contributed by atoms with Gasteiger partial charge in [0.15, 0.2) is 0 Å². The number of hydrogen-bond acceptors (Lipinski definition) is 3. The second-order valence-electron chi connectivity index (χ2n) is 5.27. The molecule has 2 nitrogen and oxygen atoms in total. The quantitative estimate of drug-likeness (QED) is 0.843. The summed E-state index contributed by atoms with van der Waals surface area (Å²) in [7, 11) is 0. The van der Waals surface area contributed by atoms with Crippen molar-refractivity contribution < 1.29 is 4.42 Å². The standard InChI is InChI=1S/C15H25NOS/c1-3-13-7-8-14(17-13)11-16-12-15(18-2)9-5-4-6-10-15/h7-8,16H,3-6,9-12H2,1-2H3. The van der Waals surface area contributed by atoms with Crippen LogP contribution in [0.2, 0.25) is 0 Å². The van der Waals surface area contributed by atoms with Gasteiger partial charge >= 0.3 is 0 Å². The molecule has 1 aromatic rings. The molecule has 0 unspecified atom stereocenters. The molecule has 1 saturated carbocycles. The molecule has 1 N–H and O–H groups in total. The lowest BCUT2D eigenvalue weighted by molar-refractivity contribution is 0.369. The van der Waals surface area contributed by atoms with Gasteiger partial charge < -0.3 is 9.73 Å². The third kappa shape index (κ3) is 3.55. The van der Waals surface area contributed by atoms with E-state index in [9.17, 15) is 0 Å². The van der Waals surface area contributed by atoms with Crippen LogP contribution in [0.15, 0.2) is 16.5 Å². The molecule has 0 aromatic carbocycles. The van der Waals surface area contributed by atoms with Gasteiger partial charge in [-0.3, -0.25) is 0 Å². The predicted molar refractivity (Wildman–Crippen MR) is 79.1 cm³/mol. The Hall–Kier alpha value is -0.410. The van der Waals surface area contributed by atoms with Crippen molar-refractivity contribution in [2.75, 3.05) is 12.8 Å². The molecule has 1 aliphatic carbocycles. The Morgan fingerprint density at radius 1 is 1.22 bits per heavy atom. The third-order valence-electron chi connectivity index (χ3n) is 4.01. The van der Waals surface area contributed by atoms with Crippen molar-refractivity contribution in [3.05, 3.63) is 23.7 Å². The molecule has 1 fully saturated rings. The molecule has 0 spiro atoms. The van der Waals surface area contributed by atoms with Crippen LogP contribution in [0, 0.1) is 0 Å². The average molecular weight is 267 g/mol. The number of hydrogen-bond donors (Lipinski definition) is 1. The van der Waals surface area contributed by atoms with E-state index in [0.717, 1.165) is 31.0 Å². The fraction of sp³-hybridized carbons (Fsp3) is 0.733. The maximum absolute atomic E-state index is 5.72. The summed E-state index contributed by atoms with van der Waals surface area (Å²) in [6.07, 6.45) is 10.2. The van der Waals surface area contributed by atoms with E-state index in [0.29, 0.717) is 4.75 Å². The molecular formula is C15H25NOS. The molecule has 18 heavy (non-hydrogen) atoms. The summed E-state index contributed by atoms with van der Waals surface area (Å²) >= 11 is 2.04. The average Bonchev–Trinajstić information content (AvgIpc) is 2.88. The molecule has 1 aliphatic rings. The van der Waals surface area contributed by atoms with Gasteiger partial charge in [-0.15, -0.1) is 0 Å². The molecule has 1 heterocycles. The summed E-state index contributed by atoms with van der Waals surface area (Å²) < 4.78 is 6.19. The van der Waals surface area contributed by atoms with Crippen LogP contribution in [0.25, 0.3) is 0 Å². The first kappa shape index (κ1) is 14.0. The van der Waals surface area contributed by atoms with E-state index in [2.05, 4.69) is 30.6 Å². The Labute approximate surface area is 115 Å². The molecule has 0 radical (unpaired) electrons. The van der Waals surface area contributed by atoms with E-state index < -0.39 is 0 Å². The van der Waals surface area contributed by atoms with Crippen LogP contribution in [-0.4, -0.2) is 17.5 Å². The highest BCUT2D eigenvalue weighted by Crippen LogP contribution is 2.37. The van der Waals surface area contributed by atoms with E-state index >= 15 is 0 Å². The summed E-state index contributed by atoms with van der Waals surface area (Å²) in [5.74, 6) is 2.16. The minimum Gasteiger partial charge on any atom is -0.465 e. The van der Waals surface area contributed by atoms with Gasteiger partial charge in [-0.2, -0.15) is 11.8 Å². The van der Waals surface area contributed by atoms with Gasteiger partial charge in [-0.05, 0) is 31.2 Å². The molecule has 0 bridgehead atoms. The van der Waals surface area contributed by atoms with Crippen LogP contribution >= 0.6 is 11.8 Å². The normalized spacial score (nSPS) is 19.0. The lowest BCUT2D eigenvalue weighted by Crippen LogP contribution is -2.39. The Balaban J connectivity index is 1.79. The summed E-state index contributed by atoms with van der Waals surface area (Å²) in [6.45, 7) is 4.10. The minimum atomic E-state index is 0.471. The Kier molecular flexibility index (Phi) is 5.19. The predicted octanol–water partition coefficient (Wildman–Crippen LogP) is 4.00. The number of aryl methyl sites for hydroxylation is 1. The van der Waals surface area contributed by atoms with Crippen LogP contribution in [-0.2, 0) is 13.0 Å². The molecule has 0 saturated heterocycles. The summed E-state index contributed by atoms with van der Waals surface area (Å²) in [6, 6.07) is 4.18. The molecule has 1 aromatic heterocycles. The van der Waals surface area contributed by atoms with Gasteiger partial charge in [-0.25, -0.2) is 0 Å². The van der Waals surface area contributed by atoms with Crippen LogP contribution in [0.5, 0.6) is 0 Å². The SMILES string of the molecule is CCc1ccc(CNCC2(SC)CCCCC2)o1. The first-order chi connectivity index (χ1) is 8.78. The number of rotatable bonds is 6. The Morgan fingerprint density at radius 3 is 2.56 bits per heavy atom. The molecule has 2 rings (SSSR count). The van der Waals surface area contributed by atoms with E-state index in [1.165, 1.54) is 32.1 Å². The number of furan rings is 1. The Morgan fingerprint density at radius 2 is 1.94 bits per heavy atom. The van der Waals surface area contributed by atoms with Gasteiger partial charge in [0.25, 0.3) is 0 Å². The van der Waals surface area contributed by atoms with Crippen LogP contribution in [0.3, 0.4) is 0 Å². The smallest absolute Gasteiger partial charge is 0.117 e. The van der Waals surface area contributed by atoms with Crippen molar-refractivity contribution in [2.45, 2.75) is 56.7 Å². The first-order valence-electron chi connectivity index (χ1n) is 7.11. The van der Waals surface area contributed by atoms with E-state index in [4.69, 9.17) is 4.42 Å². The molecular weight excluding hydrogens is 242 g/mol. The molecule has 0 amide bonds. The first-order valence-corrected chi connectivity index (χ1v) is 8.34. The second-order valence-corrected chi connectivity index (χ2v) is 6.55. The number of thioether (sulfide) groups is 1. The van der Waals surface area contributed by atoms with Crippen molar-refractivity contribution in [3.63, 3.8) is 0 Å². The highest BCUT2D eigenvalue weighted by molar-refractivity contribution is 8.00. The molecule has 0 aliphatic heterocycles. The zero-order valence-corrected chi connectivity index (χ0v) is 12.4. The van der Waals surface area contributed by atoms with Gasteiger partial charge in [0.05, 0.1) is 6.54 Å². The van der Waals surface area contributed by atoms with Gasteiger partial charge in [0, 0.05) is 17.7 Å². The monoisotopic (exact) mass is 267 g/mol. The Bertz CT molecular complexity index is 355. The highest BCUT2D eigenvalue weighted by Gasteiger charge is 2.30. The second kappa shape index (κ2) is 6.67. The lowest BCUT2D eigenvalue weighted by atomic mass is 9.88. The largest absolute Gasteiger partial charge is 0.465 e. The zero-order chi connectivity index (χ0) is 12.8. The molecule has 3 heteroatoms. The maximum Gasteiger partial charge on any atom is 0.117 e. The summed E-state index contributed by atoms with van der Waals surface area (Å²) in [4.78, 5) is 0. The molecule has 0 atom stereocenters. The van der Waals surface area contributed by atoms with Gasteiger partial charge in [0.1, 0.15) is 11.5 Å². The van der Waals surface area contributed by atoms with E-state index in [1.54, 1.807) is 0 Å². The summed E-state index contributed by atoms with van der Waals surface area (Å²) in [5, 5.41) is 3.59. The zero-order valence-electron chi connectivity index (χ0n) is 11.6. The van der Waals surface area contributed by atoms with Crippen LogP contribution in [0.4, 0.5) is 0 Å². The summed E-state index contributed by atoms with van der Waals surface area (Å²) in [5.41, 5.74) is 0. The van der Waals surface area contributed by atoms with Crippen LogP contribution < -0.4 is 5.32 Å². The van der Waals surface area contributed by atoms with Crippen molar-refractivity contribution >= 4 is 11.8 Å². The van der Waals surface area contributed by atoms with Gasteiger partial charge in [0.2, 0.25) is 0 Å². The topological polar surface area (TPSA) is 25.2 Å². The number of nitrogens with one attached hydrogen (secondary N) is 1. The van der Waals surface area contributed by atoms with E-state index in [1.807, 2.05) is 11.8 Å². The fourth-order valence-electron chi connectivity index (χ4n) is 2.77. The van der Waals surface area contributed by atoms with Crippen molar-refractivity contribution in [3.8, 4) is 0 Å².